The number of aromatic nitrogens is 3. The Labute approximate surface area is 135 Å². The van der Waals surface area contributed by atoms with Gasteiger partial charge in [-0.1, -0.05) is 0 Å². The van der Waals surface area contributed by atoms with Crippen LogP contribution in [0.15, 0.2) is 36.8 Å². The molecule has 3 rings (SSSR count). The number of amides is 2. The standard InChI is InChI=1S/C16H21N5O2/c1-2-20(11-13-6-10-23-12-13)16(22)19-14-5-3-7-17-15(14)21-9-4-8-18-21/h3-5,7-9,13H,2,6,10-12H2,1H3,(H,19,22)/t13-/m1/s1. The van der Waals surface area contributed by atoms with Crippen LogP contribution in [0.2, 0.25) is 0 Å². The molecular weight excluding hydrogens is 294 g/mol. The fourth-order valence-corrected chi connectivity index (χ4v) is 2.66. The molecule has 0 bridgehead atoms. The third kappa shape index (κ3) is 3.68. The Morgan fingerprint density at radius 2 is 2.39 bits per heavy atom. The Morgan fingerprint density at radius 3 is 3.09 bits per heavy atom. The molecule has 1 fully saturated rings. The highest BCUT2D eigenvalue weighted by atomic mass is 16.5. The topological polar surface area (TPSA) is 72.3 Å². The lowest BCUT2D eigenvalue weighted by Gasteiger charge is -2.24. The summed E-state index contributed by atoms with van der Waals surface area (Å²) in [5, 5.41) is 7.12. The van der Waals surface area contributed by atoms with Crippen molar-refractivity contribution in [3.05, 3.63) is 36.8 Å². The predicted molar refractivity (Wildman–Crippen MR) is 86.6 cm³/mol. The van der Waals surface area contributed by atoms with E-state index in [-0.39, 0.29) is 6.03 Å². The van der Waals surface area contributed by atoms with Gasteiger partial charge in [0, 0.05) is 44.2 Å². The third-order valence-corrected chi connectivity index (χ3v) is 3.92. The number of nitrogens with one attached hydrogen (secondary N) is 1. The molecule has 2 aromatic heterocycles. The Morgan fingerprint density at radius 1 is 1.48 bits per heavy atom. The number of pyridine rings is 1. The van der Waals surface area contributed by atoms with Gasteiger partial charge >= 0.3 is 6.03 Å². The van der Waals surface area contributed by atoms with Gasteiger partial charge in [0.2, 0.25) is 0 Å². The summed E-state index contributed by atoms with van der Waals surface area (Å²) in [4.78, 5) is 18.7. The van der Waals surface area contributed by atoms with E-state index in [0.29, 0.717) is 30.5 Å². The van der Waals surface area contributed by atoms with Crippen LogP contribution >= 0.6 is 0 Å². The quantitative estimate of drug-likeness (QED) is 0.917. The summed E-state index contributed by atoms with van der Waals surface area (Å²) in [6.07, 6.45) is 6.17. The first-order chi connectivity index (χ1) is 11.3. The highest BCUT2D eigenvalue weighted by molar-refractivity contribution is 5.91. The van der Waals surface area contributed by atoms with Crippen molar-refractivity contribution in [3.8, 4) is 5.82 Å². The van der Waals surface area contributed by atoms with Crippen molar-refractivity contribution in [2.24, 2.45) is 5.92 Å². The number of nitrogens with zero attached hydrogens (tertiary/aromatic N) is 4. The van der Waals surface area contributed by atoms with E-state index >= 15 is 0 Å². The van der Waals surface area contributed by atoms with Gasteiger partial charge in [-0.05, 0) is 31.5 Å². The van der Waals surface area contributed by atoms with Crippen LogP contribution in [0.1, 0.15) is 13.3 Å². The Balaban J connectivity index is 1.71. The van der Waals surface area contributed by atoms with Crippen LogP contribution in [0.5, 0.6) is 0 Å². The minimum atomic E-state index is -0.124. The Hall–Kier alpha value is -2.41. The summed E-state index contributed by atoms with van der Waals surface area (Å²) in [5.74, 6) is 1.02. The van der Waals surface area contributed by atoms with Crippen molar-refractivity contribution >= 4 is 11.7 Å². The van der Waals surface area contributed by atoms with E-state index in [1.54, 1.807) is 34.2 Å². The molecule has 23 heavy (non-hydrogen) atoms. The van der Waals surface area contributed by atoms with Gasteiger partial charge in [-0.15, -0.1) is 0 Å². The smallest absolute Gasteiger partial charge is 0.321 e. The maximum atomic E-state index is 12.6. The van der Waals surface area contributed by atoms with Crippen molar-refractivity contribution in [2.75, 3.05) is 31.6 Å². The van der Waals surface area contributed by atoms with E-state index in [0.717, 1.165) is 19.6 Å². The molecular formula is C16H21N5O2. The molecule has 1 atom stereocenters. The van der Waals surface area contributed by atoms with Gasteiger partial charge in [-0.25, -0.2) is 14.5 Å². The lowest BCUT2D eigenvalue weighted by Crippen LogP contribution is -2.38. The second-order valence-electron chi connectivity index (χ2n) is 5.52. The second-order valence-corrected chi connectivity index (χ2v) is 5.52. The molecule has 0 aliphatic carbocycles. The number of rotatable bonds is 5. The van der Waals surface area contributed by atoms with E-state index in [4.69, 9.17) is 4.74 Å². The molecule has 3 heterocycles. The zero-order valence-corrected chi connectivity index (χ0v) is 13.2. The van der Waals surface area contributed by atoms with Crippen molar-refractivity contribution in [1.29, 1.82) is 0 Å². The monoisotopic (exact) mass is 315 g/mol. The molecule has 2 amide bonds. The van der Waals surface area contributed by atoms with Crippen LogP contribution in [0.3, 0.4) is 0 Å². The lowest BCUT2D eigenvalue weighted by molar-refractivity contribution is 0.171. The normalized spacial score (nSPS) is 17.2. The van der Waals surface area contributed by atoms with Crippen molar-refractivity contribution in [2.45, 2.75) is 13.3 Å². The molecule has 0 aromatic carbocycles. The van der Waals surface area contributed by atoms with Gasteiger partial charge in [-0.3, -0.25) is 0 Å². The first kappa shape index (κ1) is 15.5. The maximum Gasteiger partial charge on any atom is 0.321 e. The molecule has 7 heteroatoms. The number of hydrogen-bond donors (Lipinski definition) is 1. The summed E-state index contributed by atoms with van der Waals surface area (Å²) >= 11 is 0. The van der Waals surface area contributed by atoms with E-state index in [1.165, 1.54) is 0 Å². The van der Waals surface area contributed by atoms with Gasteiger partial charge in [0.1, 0.15) is 0 Å². The highest BCUT2D eigenvalue weighted by Gasteiger charge is 2.22. The molecule has 0 saturated carbocycles. The summed E-state index contributed by atoms with van der Waals surface area (Å²) < 4.78 is 7.02. The van der Waals surface area contributed by atoms with Crippen LogP contribution < -0.4 is 5.32 Å². The molecule has 1 aliphatic heterocycles. The third-order valence-electron chi connectivity index (χ3n) is 3.92. The first-order valence-electron chi connectivity index (χ1n) is 7.86. The SMILES string of the molecule is CCN(C[C@H]1CCOC1)C(=O)Nc1cccnc1-n1cccn1. The van der Waals surface area contributed by atoms with Crippen LogP contribution in [0.4, 0.5) is 10.5 Å². The van der Waals surface area contributed by atoms with E-state index in [2.05, 4.69) is 15.4 Å². The Bertz CT molecular complexity index is 638. The number of urea groups is 1. The van der Waals surface area contributed by atoms with Crippen LogP contribution in [0, 0.1) is 5.92 Å². The molecule has 2 aromatic rings. The largest absolute Gasteiger partial charge is 0.381 e. The molecule has 0 radical (unpaired) electrons. The van der Waals surface area contributed by atoms with Crippen LogP contribution in [0.25, 0.3) is 5.82 Å². The molecule has 0 unspecified atom stereocenters. The van der Waals surface area contributed by atoms with Gasteiger partial charge in [0.05, 0.1) is 12.3 Å². The number of ether oxygens (including phenoxy) is 1. The maximum absolute atomic E-state index is 12.6. The molecule has 1 saturated heterocycles. The van der Waals surface area contributed by atoms with E-state index < -0.39 is 0 Å². The molecule has 1 N–H and O–H groups in total. The van der Waals surface area contributed by atoms with Gasteiger partial charge in [-0.2, -0.15) is 5.10 Å². The fourth-order valence-electron chi connectivity index (χ4n) is 2.66. The minimum Gasteiger partial charge on any atom is -0.381 e. The number of hydrogen-bond acceptors (Lipinski definition) is 4. The Kier molecular flexibility index (Phi) is 4.87. The first-order valence-corrected chi connectivity index (χ1v) is 7.86. The molecule has 7 nitrogen and oxygen atoms in total. The van der Waals surface area contributed by atoms with Crippen LogP contribution in [-0.4, -0.2) is 52.0 Å². The average molecular weight is 315 g/mol. The highest BCUT2D eigenvalue weighted by Crippen LogP contribution is 2.18. The zero-order valence-electron chi connectivity index (χ0n) is 13.2. The van der Waals surface area contributed by atoms with Gasteiger partial charge in [0.25, 0.3) is 0 Å². The zero-order chi connectivity index (χ0) is 16.1. The average Bonchev–Trinajstić information content (AvgIpc) is 3.26. The molecule has 0 spiro atoms. The number of carbonyl (C=O) groups excluding carboxylic acids is 1. The van der Waals surface area contributed by atoms with Crippen LogP contribution in [-0.2, 0) is 4.74 Å². The van der Waals surface area contributed by atoms with Gasteiger partial charge in [0.15, 0.2) is 5.82 Å². The van der Waals surface area contributed by atoms with E-state index in [9.17, 15) is 4.79 Å². The predicted octanol–water partition coefficient (Wildman–Crippen LogP) is 2.16. The van der Waals surface area contributed by atoms with Crippen molar-refractivity contribution < 1.29 is 9.53 Å². The van der Waals surface area contributed by atoms with Crippen molar-refractivity contribution in [1.82, 2.24) is 19.7 Å². The summed E-state index contributed by atoms with van der Waals surface area (Å²) in [6.45, 7) is 4.86. The second kappa shape index (κ2) is 7.23. The fraction of sp³-hybridized carbons (Fsp3) is 0.438. The minimum absolute atomic E-state index is 0.124. The van der Waals surface area contributed by atoms with E-state index in [1.807, 2.05) is 19.1 Å². The number of carbonyl (C=O) groups is 1. The van der Waals surface area contributed by atoms with Gasteiger partial charge < -0.3 is 15.0 Å². The molecule has 1 aliphatic rings. The lowest BCUT2D eigenvalue weighted by atomic mass is 10.1. The number of anilines is 1. The summed E-state index contributed by atoms with van der Waals surface area (Å²) in [7, 11) is 0. The summed E-state index contributed by atoms with van der Waals surface area (Å²) in [5.41, 5.74) is 0.641. The summed E-state index contributed by atoms with van der Waals surface area (Å²) in [6, 6.07) is 5.32. The van der Waals surface area contributed by atoms with Crippen molar-refractivity contribution in [3.63, 3.8) is 0 Å². The molecule has 122 valence electrons.